The Morgan fingerprint density at radius 2 is 1.76 bits per heavy atom. The van der Waals surface area contributed by atoms with Crippen LogP contribution in [0, 0.1) is 0 Å². The van der Waals surface area contributed by atoms with E-state index in [1.54, 1.807) is 18.2 Å². The Hall–Kier alpha value is -1.83. The van der Waals surface area contributed by atoms with E-state index in [4.69, 9.17) is 38.8 Å². The van der Waals surface area contributed by atoms with Crippen LogP contribution in [0.25, 0.3) is 0 Å². The third kappa shape index (κ3) is 6.89. The molecule has 0 radical (unpaired) electrons. The van der Waals surface area contributed by atoms with Gasteiger partial charge in [0.05, 0.1) is 11.3 Å². The molecule has 0 aliphatic rings. The lowest BCUT2D eigenvalue weighted by Crippen LogP contribution is -2.35. The van der Waals surface area contributed by atoms with Crippen LogP contribution in [0.4, 0.5) is 5.69 Å². The van der Waals surface area contributed by atoms with E-state index in [0.717, 1.165) is 0 Å². The van der Waals surface area contributed by atoms with Crippen LogP contribution in [0.3, 0.4) is 0 Å². The molecule has 0 aliphatic heterocycles. The monoisotopic (exact) mass is 390 g/mol. The van der Waals surface area contributed by atoms with E-state index in [9.17, 15) is 14.4 Å². The number of benzene rings is 1. The second kappa shape index (κ2) is 10.9. The van der Waals surface area contributed by atoms with Gasteiger partial charge in [-0.2, -0.15) is 0 Å². The number of halogens is 2. The average Bonchev–Trinajstić information content (AvgIpc) is 2.59. The van der Waals surface area contributed by atoms with Gasteiger partial charge in [-0.15, -0.1) is 23.2 Å². The molecular weight excluding hydrogens is 371 g/mol. The Labute approximate surface area is 155 Å². The van der Waals surface area contributed by atoms with Crippen molar-refractivity contribution in [2.75, 3.05) is 29.7 Å². The van der Waals surface area contributed by atoms with Gasteiger partial charge in [0.25, 0.3) is 0 Å². The number of rotatable bonds is 10. The highest BCUT2D eigenvalue weighted by Crippen LogP contribution is 2.22. The number of alkyl halides is 2. The quantitative estimate of drug-likeness (QED) is 0.356. The molecule has 0 amide bonds. The molecule has 0 aliphatic carbocycles. The lowest BCUT2D eigenvalue weighted by Gasteiger charge is -2.24. The SMILES string of the molecule is N[C@@H](CCC(=O)O)C(=O)OC(=O)c1ccccc1N(CCCl)CCCl. The number of hydrogen-bond acceptors (Lipinski definition) is 6. The molecule has 0 unspecified atom stereocenters. The number of nitrogens with zero attached hydrogens (tertiary/aromatic N) is 1. The van der Waals surface area contributed by atoms with Crippen LogP contribution >= 0.6 is 23.2 Å². The minimum Gasteiger partial charge on any atom is -0.481 e. The first-order valence-electron chi connectivity index (χ1n) is 7.60. The van der Waals surface area contributed by atoms with Crippen LogP contribution in [-0.2, 0) is 14.3 Å². The van der Waals surface area contributed by atoms with Crippen molar-refractivity contribution < 1.29 is 24.2 Å². The number of nitrogens with two attached hydrogens (primary N) is 1. The second-order valence-electron chi connectivity index (χ2n) is 5.13. The summed E-state index contributed by atoms with van der Waals surface area (Å²) in [5.74, 6) is -2.25. The van der Waals surface area contributed by atoms with Gasteiger partial charge in [0, 0.05) is 31.3 Å². The predicted molar refractivity (Wildman–Crippen MR) is 95.4 cm³/mol. The van der Waals surface area contributed by atoms with Crippen LogP contribution in [0.2, 0.25) is 0 Å². The molecule has 1 aromatic rings. The fourth-order valence-electron chi connectivity index (χ4n) is 2.10. The maximum absolute atomic E-state index is 12.3. The molecular formula is C16H20Cl2N2O5. The third-order valence-electron chi connectivity index (χ3n) is 3.34. The highest BCUT2D eigenvalue weighted by Gasteiger charge is 2.23. The third-order valence-corrected chi connectivity index (χ3v) is 3.68. The normalized spacial score (nSPS) is 11.6. The van der Waals surface area contributed by atoms with Gasteiger partial charge in [-0.05, 0) is 18.6 Å². The number of hydrogen-bond donors (Lipinski definition) is 2. The fourth-order valence-corrected chi connectivity index (χ4v) is 2.51. The zero-order valence-corrected chi connectivity index (χ0v) is 15.0. The van der Waals surface area contributed by atoms with Crippen molar-refractivity contribution in [3.8, 4) is 0 Å². The van der Waals surface area contributed by atoms with Crippen molar-refractivity contribution in [1.82, 2.24) is 0 Å². The molecule has 1 rings (SSSR count). The number of aliphatic carboxylic acids is 1. The van der Waals surface area contributed by atoms with E-state index >= 15 is 0 Å². The molecule has 0 saturated heterocycles. The number of para-hydroxylation sites is 1. The van der Waals surface area contributed by atoms with Crippen molar-refractivity contribution in [2.24, 2.45) is 5.73 Å². The second-order valence-corrected chi connectivity index (χ2v) is 5.89. The summed E-state index contributed by atoms with van der Waals surface area (Å²) in [6, 6.07) is 5.40. The molecule has 0 fully saturated rings. The maximum Gasteiger partial charge on any atom is 0.347 e. The summed E-state index contributed by atoms with van der Waals surface area (Å²) in [7, 11) is 0. The summed E-state index contributed by atoms with van der Waals surface area (Å²) in [4.78, 5) is 36.5. The van der Waals surface area contributed by atoms with Gasteiger partial charge in [0.2, 0.25) is 0 Å². The van der Waals surface area contributed by atoms with Crippen LogP contribution in [0.5, 0.6) is 0 Å². The molecule has 1 atom stereocenters. The van der Waals surface area contributed by atoms with Gasteiger partial charge in [-0.1, -0.05) is 12.1 Å². The minimum atomic E-state index is -1.19. The Morgan fingerprint density at radius 1 is 1.16 bits per heavy atom. The van der Waals surface area contributed by atoms with E-state index < -0.39 is 23.9 Å². The zero-order chi connectivity index (χ0) is 18.8. The van der Waals surface area contributed by atoms with E-state index in [2.05, 4.69) is 0 Å². The topological polar surface area (TPSA) is 110 Å². The number of carboxylic acids is 1. The van der Waals surface area contributed by atoms with Gasteiger partial charge in [-0.25, -0.2) is 9.59 Å². The van der Waals surface area contributed by atoms with Crippen LogP contribution in [-0.4, -0.2) is 53.9 Å². The molecule has 0 heterocycles. The molecule has 1 aromatic carbocycles. The van der Waals surface area contributed by atoms with E-state index in [1.807, 2.05) is 4.90 Å². The van der Waals surface area contributed by atoms with E-state index in [1.165, 1.54) is 6.07 Å². The van der Waals surface area contributed by atoms with Crippen molar-refractivity contribution in [3.05, 3.63) is 29.8 Å². The number of esters is 2. The smallest absolute Gasteiger partial charge is 0.347 e. The van der Waals surface area contributed by atoms with Crippen LogP contribution in [0.15, 0.2) is 24.3 Å². The number of anilines is 1. The highest BCUT2D eigenvalue weighted by molar-refractivity contribution is 6.18. The van der Waals surface area contributed by atoms with Gasteiger partial charge in [0.1, 0.15) is 6.04 Å². The zero-order valence-electron chi connectivity index (χ0n) is 13.5. The Bertz CT molecular complexity index is 606. The summed E-state index contributed by atoms with van der Waals surface area (Å²) in [5.41, 5.74) is 6.27. The average molecular weight is 391 g/mol. The molecule has 0 aromatic heterocycles. The summed E-state index contributed by atoms with van der Waals surface area (Å²) in [5, 5.41) is 8.60. The lowest BCUT2D eigenvalue weighted by molar-refractivity contribution is -0.140. The number of carboxylic acid groups (broad SMARTS) is 1. The highest BCUT2D eigenvalue weighted by atomic mass is 35.5. The number of ether oxygens (including phenoxy) is 1. The summed E-state index contributed by atoms with van der Waals surface area (Å²) < 4.78 is 4.79. The fraction of sp³-hybridized carbons (Fsp3) is 0.438. The number of carbonyl (C=O) groups excluding carboxylic acids is 2. The van der Waals surface area contributed by atoms with Crippen LogP contribution in [0.1, 0.15) is 23.2 Å². The van der Waals surface area contributed by atoms with Crippen molar-refractivity contribution in [1.29, 1.82) is 0 Å². The molecule has 3 N–H and O–H groups in total. The first-order valence-corrected chi connectivity index (χ1v) is 8.67. The van der Waals surface area contributed by atoms with E-state index in [-0.39, 0.29) is 18.4 Å². The predicted octanol–water partition coefficient (Wildman–Crippen LogP) is 1.85. The molecule has 0 bridgehead atoms. The molecule has 9 heteroatoms. The maximum atomic E-state index is 12.3. The molecule has 138 valence electrons. The van der Waals surface area contributed by atoms with Gasteiger partial charge in [-0.3, -0.25) is 4.79 Å². The summed E-state index contributed by atoms with van der Waals surface area (Å²) >= 11 is 11.6. The lowest BCUT2D eigenvalue weighted by atomic mass is 10.1. The molecule has 25 heavy (non-hydrogen) atoms. The first kappa shape index (κ1) is 21.2. The van der Waals surface area contributed by atoms with Gasteiger partial charge < -0.3 is 20.5 Å². The van der Waals surface area contributed by atoms with Crippen molar-refractivity contribution >= 4 is 46.8 Å². The van der Waals surface area contributed by atoms with Gasteiger partial charge in [0.15, 0.2) is 0 Å². The minimum absolute atomic E-state index is 0.117. The molecule has 0 saturated carbocycles. The summed E-state index contributed by atoms with van der Waals surface area (Å²) in [6.07, 6.45) is -0.409. The largest absolute Gasteiger partial charge is 0.481 e. The summed E-state index contributed by atoms with van der Waals surface area (Å²) in [6.45, 7) is 0.926. The molecule has 7 nitrogen and oxygen atoms in total. The van der Waals surface area contributed by atoms with E-state index in [0.29, 0.717) is 30.5 Å². The van der Waals surface area contributed by atoms with Gasteiger partial charge >= 0.3 is 17.9 Å². The van der Waals surface area contributed by atoms with Crippen molar-refractivity contribution in [2.45, 2.75) is 18.9 Å². The standard InChI is InChI=1S/C16H20Cl2N2O5/c17-7-9-20(10-8-18)13-4-2-1-3-11(13)15(23)25-16(24)12(19)5-6-14(21)22/h1-4,12H,5-10,19H2,(H,21,22)/t12-/m0/s1. The van der Waals surface area contributed by atoms with Crippen LogP contribution < -0.4 is 10.6 Å². The first-order chi connectivity index (χ1) is 11.9. The molecule has 0 spiro atoms. The Kier molecular flexibility index (Phi) is 9.26. The van der Waals surface area contributed by atoms with Crippen molar-refractivity contribution in [3.63, 3.8) is 0 Å². The Balaban J connectivity index is 2.87. The Morgan fingerprint density at radius 3 is 2.32 bits per heavy atom. The number of carbonyl (C=O) groups is 3.